The third-order valence-electron chi connectivity index (χ3n) is 3.61. The van der Waals surface area contributed by atoms with E-state index in [1.807, 2.05) is 6.92 Å². The van der Waals surface area contributed by atoms with E-state index in [9.17, 15) is 14.4 Å². The lowest BCUT2D eigenvalue weighted by atomic mass is 9.91. The number of aliphatic carboxylic acids is 2. The van der Waals surface area contributed by atoms with Crippen LogP contribution in [0.1, 0.15) is 52.9 Å². The number of rotatable bonds is 17. The van der Waals surface area contributed by atoms with Crippen LogP contribution in [0.15, 0.2) is 0 Å². The lowest BCUT2D eigenvalue weighted by Gasteiger charge is -2.22. The van der Waals surface area contributed by atoms with Gasteiger partial charge in [0, 0.05) is 12.8 Å². The number of ether oxygens (including phenoxy) is 1. The van der Waals surface area contributed by atoms with Gasteiger partial charge in [-0.1, -0.05) is 6.92 Å². The molecule has 158 valence electrons. The average Bonchev–Trinajstić information content (AvgIpc) is 2.60. The van der Waals surface area contributed by atoms with Crippen LogP contribution in [0.2, 0.25) is 0 Å². The number of carboxylic acids is 2. The van der Waals surface area contributed by atoms with Gasteiger partial charge in [-0.15, -0.1) is 0 Å². The topological polar surface area (TPSA) is 138 Å². The molecule has 0 bridgehead atoms. The van der Waals surface area contributed by atoms with Gasteiger partial charge in [0.25, 0.3) is 0 Å². The predicted molar refractivity (Wildman–Crippen MR) is 91.5 cm³/mol. The molecule has 0 aromatic rings. The summed E-state index contributed by atoms with van der Waals surface area (Å²) in [4.78, 5) is 52.7. The molecule has 27 heavy (non-hydrogen) atoms. The second kappa shape index (κ2) is 14.3. The van der Waals surface area contributed by atoms with Gasteiger partial charge < -0.3 is 14.9 Å². The van der Waals surface area contributed by atoms with Gasteiger partial charge in [0.2, 0.25) is 0 Å². The van der Waals surface area contributed by atoms with E-state index in [-0.39, 0.29) is 52.1 Å². The Balaban J connectivity index is 4.25. The quantitative estimate of drug-likeness (QED) is 0.163. The largest absolute Gasteiger partial charge is 0.481 e. The SMILES string of the molecule is CCC(C)(C)C(=O)OCC(COOCCCC(=O)O)OOCCCC(=O)O. The Morgan fingerprint density at radius 3 is 1.96 bits per heavy atom. The highest BCUT2D eigenvalue weighted by Gasteiger charge is 2.28. The van der Waals surface area contributed by atoms with Crippen LogP contribution in [0.3, 0.4) is 0 Å². The van der Waals surface area contributed by atoms with Gasteiger partial charge in [0.15, 0.2) is 6.10 Å². The highest BCUT2D eigenvalue weighted by Crippen LogP contribution is 2.21. The molecular weight excluding hydrogens is 364 g/mol. The van der Waals surface area contributed by atoms with Crippen LogP contribution in [-0.2, 0) is 38.7 Å². The zero-order chi connectivity index (χ0) is 20.7. The second-order valence-electron chi connectivity index (χ2n) is 6.48. The molecule has 10 nitrogen and oxygen atoms in total. The van der Waals surface area contributed by atoms with Crippen molar-refractivity contribution in [1.29, 1.82) is 0 Å². The summed E-state index contributed by atoms with van der Waals surface area (Å²) in [6.45, 7) is 5.27. The van der Waals surface area contributed by atoms with E-state index in [1.165, 1.54) is 0 Å². The third kappa shape index (κ3) is 14.0. The fraction of sp³-hybridized carbons (Fsp3) is 0.824. The molecule has 0 aliphatic heterocycles. The number of hydrogen-bond donors (Lipinski definition) is 2. The molecule has 1 atom stereocenters. The highest BCUT2D eigenvalue weighted by atomic mass is 17.2. The molecule has 0 rings (SSSR count). The molecule has 2 N–H and O–H groups in total. The van der Waals surface area contributed by atoms with Crippen molar-refractivity contribution in [2.24, 2.45) is 5.41 Å². The van der Waals surface area contributed by atoms with E-state index < -0.39 is 29.4 Å². The van der Waals surface area contributed by atoms with Crippen molar-refractivity contribution in [2.45, 2.75) is 59.0 Å². The standard InChI is InChI=1S/C17H30O10/c1-4-17(2,3)16(22)23-11-13(27-25-10-6-8-15(20)21)12-26-24-9-5-7-14(18)19/h13H,4-12H2,1-3H3,(H,18,19)(H,20,21). The first-order valence-electron chi connectivity index (χ1n) is 8.82. The molecule has 0 saturated carbocycles. The van der Waals surface area contributed by atoms with Crippen molar-refractivity contribution < 1.29 is 48.9 Å². The van der Waals surface area contributed by atoms with Crippen molar-refractivity contribution >= 4 is 17.9 Å². The molecule has 0 saturated heterocycles. The van der Waals surface area contributed by atoms with Crippen LogP contribution >= 0.6 is 0 Å². The summed E-state index contributed by atoms with van der Waals surface area (Å²) in [6, 6.07) is 0. The van der Waals surface area contributed by atoms with Gasteiger partial charge in [-0.05, 0) is 33.1 Å². The van der Waals surface area contributed by atoms with Gasteiger partial charge in [-0.2, -0.15) is 0 Å². The van der Waals surface area contributed by atoms with E-state index in [0.29, 0.717) is 6.42 Å². The third-order valence-corrected chi connectivity index (χ3v) is 3.61. The Morgan fingerprint density at radius 2 is 1.44 bits per heavy atom. The summed E-state index contributed by atoms with van der Waals surface area (Å²) in [6.07, 6.45) is 0.262. The first kappa shape index (κ1) is 25.2. The van der Waals surface area contributed by atoms with Crippen LogP contribution in [0.25, 0.3) is 0 Å². The number of carboxylic acid groups (broad SMARTS) is 2. The molecule has 0 aliphatic carbocycles. The molecule has 0 fully saturated rings. The number of carbonyl (C=O) groups is 3. The minimum Gasteiger partial charge on any atom is -0.481 e. The maximum atomic E-state index is 12.0. The maximum Gasteiger partial charge on any atom is 0.311 e. The molecule has 0 radical (unpaired) electrons. The van der Waals surface area contributed by atoms with Gasteiger partial charge in [0.1, 0.15) is 13.2 Å². The Hall–Kier alpha value is -1.75. The van der Waals surface area contributed by atoms with E-state index in [4.69, 9.17) is 34.5 Å². The summed E-state index contributed by atoms with van der Waals surface area (Å²) in [5.41, 5.74) is -0.638. The molecular formula is C17H30O10. The van der Waals surface area contributed by atoms with Gasteiger partial charge >= 0.3 is 17.9 Å². The van der Waals surface area contributed by atoms with Gasteiger partial charge in [-0.3, -0.25) is 14.4 Å². The average molecular weight is 394 g/mol. The Bertz CT molecular complexity index is 449. The van der Waals surface area contributed by atoms with Crippen LogP contribution in [0.5, 0.6) is 0 Å². The van der Waals surface area contributed by atoms with E-state index >= 15 is 0 Å². The minimum atomic E-state index is -0.941. The summed E-state index contributed by atoms with van der Waals surface area (Å²) in [7, 11) is 0. The van der Waals surface area contributed by atoms with Crippen LogP contribution in [0.4, 0.5) is 0 Å². The van der Waals surface area contributed by atoms with Gasteiger partial charge in [0.05, 0.1) is 18.6 Å². The molecule has 0 amide bonds. The molecule has 1 unspecified atom stereocenters. The van der Waals surface area contributed by atoms with Crippen molar-refractivity contribution in [3.8, 4) is 0 Å². The van der Waals surface area contributed by atoms with Crippen molar-refractivity contribution in [3.05, 3.63) is 0 Å². The summed E-state index contributed by atoms with van der Waals surface area (Å²) in [5.74, 6) is -2.27. The monoisotopic (exact) mass is 394 g/mol. The number of hydrogen-bond acceptors (Lipinski definition) is 8. The van der Waals surface area contributed by atoms with E-state index in [0.717, 1.165) is 0 Å². The number of carbonyl (C=O) groups excluding carboxylic acids is 1. The van der Waals surface area contributed by atoms with E-state index in [2.05, 4.69) is 0 Å². The van der Waals surface area contributed by atoms with E-state index in [1.54, 1.807) is 13.8 Å². The Labute approximate surface area is 158 Å². The molecule has 0 aliphatic rings. The Kier molecular flexibility index (Phi) is 13.4. The van der Waals surface area contributed by atoms with Gasteiger partial charge in [-0.25, -0.2) is 19.6 Å². The fourth-order valence-corrected chi connectivity index (χ4v) is 1.50. The fourth-order valence-electron chi connectivity index (χ4n) is 1.50. The second-order valence-corrected chi connectivity index (χ2v) is 6.48. The van der Waals surface area contributed by atoms with Crippen molar-refractivity contribution in [3.63, 3.8) is 0 Å². The first-order chi connectivity index (χ1) is 12.7. The summed E-state index contributed by atoms with van der Waals surface area (Å²) < 4.78 is 5.21. The predicted octanol–water partition coefficient (Wildman–Crippen LogP) is 1.96. The molecule has 0 heterocycles. The summed E-state index contributed by atoms with van der Waals surface area (Å²) >= 11 is 0. The Morgan fingerprint density at radius 1 is 0.889 bits per heavy atom. The first-order valence-corrected chi connectivity index (χ1v) is 8.82. The minimum absolute atomic E-state index is 0.0420. The van der Waals surface area contributed by atoms with Crippen molar-refractivity contribution in [2.75, 3.05) is 26.4 Å². The van der Waals surface area contributed by atoms with Crippen LogP contribution in [0, 0.1) is 5.41 Å². The zero-order valence-electron chi connectivity index (χ0n) is 16.1. The summed E-state index contributed by atoms with van der Waals surface area (Å²) in [5, 5.41) is 17.1. The molecule has 0 aromatic carbocycles. The highest BCUT2D eigenvalue weighted by molar-refractivity contribution is 5.75. The number of esters is 1. The van der Waals surface area contributed by atoms with Crippen LogP contribution < -0.4 is 0 Å². The molecule has 0 spiro atoms. The lowest BCUT2D eigenvalue weighted by Crippen LogP contribution is -2.32. The molecule has 10 heteroatoms. The zero-order valence-corrected chi connectivity index (χ0v) is 16.1. The smallest absolute Gasteiger partial charge is 0.311 e. The van der Waals surface area contributed by atoms with Crippen LogP contribution in [-0.4, -0.2) is 60.7 Å². The lowest BCUT2D eigenvalue weighted by molar-refractivity contribution is -0.370. The molecule has 0 aromatic heterocycles. The normalized spacial score (nSPS) is 12.6. The maximum absolute atomic E-state index is 12.0. The van der Waals surface area contributed by atoms with Crippen molar-refractivity contribution in [1.82, 2.24) is 0 Å².